The number of unbranched alkanes of at least 4 members (excludes halogenated alkanes) is 1. The fraction of sp³-hybridized carbons (Fsp3) is 0.419. The number of aryl methyl sites for hydroxylation is 3. The van der Waals surface area contributed by atoms with Crippen LogP contribution in [0.5, 0.6) is 0 Å². The Balaban J connectivity index is 1.32. The lowest BCUT2D eigenvalue weighted by Crippen LogP contribution is -2.12. The standard InChI is InChI=1S/C31H38/c1-23-8-12-26(13-9-23)6-4-5-7-27-14-18-29(19-15-27)31-21-20-30(22-25(31)3)28-16-10-24(2)11-17-28/h10-11,14-23,26H,4-9,12-13H2,1-3H3. The Morgan fingerprint density at radius 3 is 2.00 bits per heavy atom. The molecule has 0 nitrogen and oxygen atoms in total. The Morgan fingerprint density at radius 1 is 0.677 bits per heavy atom. The van der Waals surface area contributed by atoms with E-state index in [2.05, 4.69) is 87.5 Å². The Bertz CT molecular complexity index is 954. The first-order valence-corrected chi connectivity index (χ1v) is 12.4. The number of hydrogen-bond donors (Lipinski definition) is 0. The van der Waals surface area contributed by atoms with Crippen molar-refractivity contribution in [3.63, 3.8) is 0 Å². The third kappa shape index (κ3) is 5.88. The second-order valence-electron chi connectivity index (χ2n) is 9.96. The third-order valence-electron chi connectivity index (χ3n) is 7.34. The summed E-state index contributed by atoms with van der Waals surface area (Å²) in [6, 6.07) is 25.0. The summed E-state index contributed by atoms with van der Waals surface area (Å²) in [7, 11) is 0. The summed E-state index contributed by atoms with van der Waals surface area (Å²) in [5, 5.41) is 0. The topological polar surface area (TPSA) is 0 Å². The van der Waals surface area contributed by atoms with Gasteiger partial charge in [0, 0.05) is 0 Å². The van der Waals surface area contributed by atoms with Gasteiger partial charge >= 0.3 is 0 Å². The van der Waals surface area contributed by atoms with Gasteiger partial charge in [-0.3, -0.25) is 0 Å². The van der Waals surface area contributed by atoms with Gasteiger partial charge in [-0.25, -0.2) is 0 Å². The van der Waals surface area contributed by atoms with Crippen molar-refractivity contribution in [2.75, 3.05) is 0 Å². The van der Waals surface area contributed by atoms with E-state index in [1.165, 1.54) is 90.3 Å². The molecule has 4 rings (SSSR count). The zero-order valence-electron chi connectivity index (χ0n) is 19.7. The summed E-state index contributed by atoms with van der Waals surface area (Å²) in [6.07, 6.45) is 11.2. The van der Waals surface area contributed by atoms with Crippen LogP contribution in [0.15, 0.2) is 66.7 Å². The Hall–Kier alpha value is -2.34. The lowest BCUT2D eigenvalue weighted by Gasteiger charge is -2.26. The predicted octanol–water partition coefficient (Wildman–Crippen LogP) is 9.18. The summed E-state index contributed by atoms with van der Waals surface area (Å²) >= 11 is 0. The molecule has 0 heteroatoms. The van der Waals surface area contributed by atoms with Crippen LogP contribution >= 0.6 is 0 Å². The molecule has 1 aliphatic rings. The minimum Gasteiger partial charge on any atom is -0.0625 e. The van der Waals surface area contributed by atoms with Gasteiger partial charge in [0.05, 0.1) is 0 Å². The minimum atomic E-state index is 0.970. The largest absolute Gasteiger partial charge is 0.0625 e. The van der Waals surface area contributed by atoms with E-state index >= 15 is 0 Å². The highest BCUT2D eigenvalue weighted by molar-refractivity contribution is 5.73. The van der Waals surface area contributed by atoms with E-state index < -0.39 is 0 Å². The van der Waals surface area contributed by atoms with Gasteiger partial charge in [-0.2, -0.15) is 0 Å². The van der Waals surface area contributed by atoms with E-state index in [4.69, 9.17) is 0 Å². The second-order valence-corrected chi connectivity index (χ2v) is 9.96. The van der Waals surface area contributed by atoms with Crippen LogP contribution in [0.3, 0.4) is 0 Å². The Kier molecular flexibility index (Phi) is 7.28. The van der Waals surface area contributed by atoms with Crippen LogP contribution in [-0.2, 0) is 6.42 Å². The van der Waals surface area contributed by atoms with Gasteiger partial charge in [0.2, 0.25) is 0 Å². The molecule has 162 valence electrons. The summed E-state index contributed by atoms with van der Waals surface area (Å²) in [4.78, 5) is 0. The maximum atomic E-state index is 2.42. The molecular formula is C31H38. The van der Waals surface area contributed by atoms with Crippen LogP contribution in [0.1, 0.15) is 68.6 Å². The summed E-state index contributed by atoms with van der Waals surface area (Å²) in [5.74, 6) is 1.97. The maximum absolute atomic E-state index is 2.42. The molecule has 3 aromatic carbocycles. The van der Waals surface area contributed by atoms with Crippen LogP contribution in [0, 0.1) is 25.7 Å². The minimum absolute atomic E-state index is 0.970. The van der Waals surface area contributed by atoms with Crippen molar-refractivity contribution in [1.82, 2.24) is 0 Å². The molecule has 0 saturated heterocycles. The quantitative estimate of drug-likeness (QED) is 0.340. The SMILES string of the molecule is Cc1ccc(-c2ccc(-c3ccc(CCCCC4CCC(C)CC4)cc3)c(C)c2)cc1. The highest BCUT2D eigenvalue weighted by Crippen LogP contribution is 2.32. The molecule has 0 bridgehead atoms. The summed E-state index contributed by atoms with van der Waals surface area (Å²) < 4.78 is 0. The highest BCUT2D eigenvalue weighted by Gasteiger charge is 2.17. The molecule has 0 radical (unpaired) electrons. The van der Waals surface area contributed by atoms with Crippen molar-refractivity contribution in [2.45, 2.75) is 72.1 Å². The van der Waals surface area contributed by atoms with Crippen LogP contribution in [0.2, 0.25) is 0 Å². The molecule has 31 heavy (non-hydrogen) atoms. The molecule has 0 amide bonds. The first-order chi connectivity index (χ1) is 15.1. The number of hydrogen-bond acceptors (Lipinski definition) is 0. The van der Waals surface area contributed by atoms with E-state index in [0.29, 0.717) is 0 Å². The summed E-state index contributed by atoms with van der Waals surface area (Å²) in [6.45, 7) is 6.78. The van der Waals surface area contributed by atoms with E-state index in [1.54, 1.807) is 0 Å². The Labute approximate surface area is 189 Å². The first-order valence-electron chi connectivity index (χ1n) is 12.4. The molecule has 0 aliphatic heterocycles. The van der Waals surface area contributed by atoms with Gasteiger partial charge in [-0.1, -0.05) is 118 Å². The van der Waals surface area contributed by atoms with E-state index in [9.17, 15) is 0 Å². The predicted molar refractivity (Wildman–Crippen MR) is 135 cm³/mol. The van der Waals surface area contributed by atoms with Gasteiger partial charge < -0.3 is 0 Å². The van der Waals surface area contributed by atoms with Gasteiger partial charge in [0.25, 0.3) is 0 Å². The van der Waals surface area contributed by atoms with Crippen molar-refractivity contribution in [2.24, 2.45) is 11.8 Å². The molecule has 1 saturated carbocycles. The number of rotatable bonds is 7. The van der Waals surface area contributed by atoms with E-state index in [-0.39, 0.29) is 0 Å². The normalized spacial score (nSPS) is 18.8. The molecule has 3 aromatic rings. The van der Waals surface area contributed by atoms with E-state index in [0.717, 1.165) is 11.8 Å². The van der Waals surface area contributed by atoms with Crippen molar-refractivity contribution >= 4 is 0 Å². The lowest BCUT2D eigenvalue weighted by molar-refractivity contribution is 0.272. The zero-order chi connectivity index (χ0) is 21.6. The van der Waals surface area contributed by atoms with Crippen molar-refractivity contribution < 1.29 is 0 Å². The average molecular weight is 411 g/mol. The molecule has 1 fully saturated rings. The van der Waals surface area contributed by atoms with Crippen LogP contribution < -0.4 is 0 Å². The molecule has 0 spiro atoms. The molecule has 1 aliphatic carbocycles. The van der Waals surface area contributed by atoms with Gasteiger partial charge in [-0.05, 0) is 71.9 Å². The van der Waals surface area contributed by atoms with Crippen LogP contribution in [-0.4, -0.2) is 0 Å². The van der Waals surface area contributed by atoms with Crippen molar-refractivity contribution in [3.05, 3.63) is 83.4 Å². The number of benzene rings is 3. The zero-order valence-corrected chi connectivity index (χ0v) is 19.7. The molecule has 0 heterocycles. The summed E-state index contributed by atoms with van der Waals surface area (Å²) in [5.41, 5.74) is 9.38. The van der Waals surface area contributed by atoms with Gasteiger partial charge in [0.1, 0.15) is 0 Å². The smallest absolute Gasteiger partial charge is 0.0154 e. The fourth-order valence-electron chi connectivity index (χ4n) is 5.14. The van der Waals surface area contributed by atoms with Crippen molar-refractivity contribution in [3.8, 4) is 22.3 Å². The molecule has 0 aromatic heterocycles. The Morgan fingerprint density at radius 2 is 1.32 bits per heavy atom. The lowest BCUT2D eigenvalue weighted by atomic mass is 9.80. The molecule has 0 atom stereocenters. The molecule has 0 unspecified atom stereocenters. The van der Waals surface area contributed by atoms with Crippen LogP contribution in [0.25, 0.3) is 22.3 Å². The maximum Gasteiger partial charge on any atom is -0.0154 e. The fourth-order valence-corrected chi connectivity index (χ4v) is 5.14. The van der Waals surface area contributed by atoms with Gasteiger partial charge in [0.15, 0.2) is 0 Å². The highest BCUT2D eigenvalue weighted by atomic mass is 14.2. The van der Waals surface area contributed by atoms with E-state index in [1.807, 2.05) is 0 Å². The average Bonchev–Trinajstić information content (AvgIpc) is 2.79. The second kappa shape index (κ2) is 10.3. The molecular weight excluding hydrogens is 372 g/mol. The van der Waals surface area contributed by atoms with Crippen molar-refractivity contribution in [1.29, 1.82) is 0 Å². The first kappa shape index (κ1) is 21.9. The van der Waals surface area contributed by atoms with Crippen LogP contribution in [0.4, 0.5) is 0 Å². The monoisotopic (exact) mass is 410 g/mol. The third-order valence-corrected chi connectivity index (χ3v) is 7.34. The van der Waals surface area contributed by atoms with Gasteiger partial charge in [-0.15, -0.1) is 0 Å². The molecule has 0 N–H and O–H groups in total.